The van der Waals surface area contributed by atoms with Crippen LogP contribution in [0.15, 0.2) is 36.5 Å². The number of anilines is 2. The second kappa shape index (κ2) is 8.94. The molecule has 8 heteroatoms. The van der Waals surface area contributed by atoms with E-state index in [1.807, 2.05) is 26.1 Å². The van der Waals surface area contributed by atoms with E-state index in [4.69, 9.17) is 4.74 Å². The molecule has 0 unspecified atom stereocenters. The molecule has 1 atom stereocenters. The maximum absolute atomic E-state index is 13.8. The van der Waals surface area contributed by atoms with Crippen molar-refractivity contribution in [2.45, 2.75) is 51.7 Å². The zero-order valence-corrected chi connectivity index (χ0v) is 18.9. The van der Waals surface area contributed by atoms with Crippen LogP contribution in [-0.4, -0.2) is 41.5 Å². The van der Waals surface area contributed by atoms with Crippen LogP contribution in [0.2, 0.25) is 0 Å². The lowest BCUT2D eigenvalue weighted by Crippen LogP contribution is -2.36. The fourth-order valence-electron chi connectivity index (χ4n) is 4.15. The molecule has 0 saturated carbocycles. The Bertz CT molecular complexity index is 1090. The summed E-state index contributed by atoms with van der Waals surface area (Å²) in [4.78, 5) is 6.97. The van der Waals surface area contributed by atoms with Gasteiger partial charge in [-0.2, -0.15) is 5.10 Å². The number of benzene rings is 1. The van der Waals surface area contributed by atoms with Crippen molar-refractivity contribution >= 4 is 22.4 Å². The van der Waals surface area contributed by atoms with Crippen molar-refractivity contribution < 1.29 is 13.5 Å². The molecule has 1 fully saturated rings. The summed E-state index contributed by atoms with van der Waals surface area (Å²) in [6.45, 7) is 6.52. The maximum Gasteiger partial charge on any atom is 0.270 e. The minimum absolute atomic E-state index is 0.00749. The average molecular weight is 442 g/mol. The van der Waals surface area contributed by atoms with Crippen LogP contribution in [0.1, 0.15) is 49.6 Å². The van der Waals surface area contributed by atoms with Crippen LogP contribution >= 0.6 is 0 Å². The van der Waals surface area contributed by atoms with Crippen molar-refractivity contribution in [3.63, 3.8) is 0 Å². The molecule has 4 rings (SSSR count). The Morgan fingerprint density at radius 3 is 2.62 bits per heavy atom. The molecule has 32 heavy (non-hydrogen) atoms. The van der Waals surface area contributed by atoms with E-state index in [0.717, 1.165) is 60.7 Å². The number of methoxy groups -OCH3 is 1. The van der Waals surface area contributed by atoms with Crippen molar-refractivity contribution in [3.05, 3.63) is 53.3 Å². The van der Waals surface area contributed by atoms with Crippen LogP contribution in [-0.2, 0) is 10.7 Å². The SMILES string of the molecule is COC1CCN(c2cnc3c(C)nnc(N[C@H](C)c4cccc(C(C)(F)F)c4)c3c2)CC1. The van der Waals surface area contributed by atoms with Gasteiger partial charge in [0, 0.05) is 38.1 Å². The normalized spacial score (nSPS) is 16.4. The Balaban J connectivity index is 1.63. The van der Waals surface area contributed by atoms with Gasteiger partial charge in [-0.05, 0) is 44.4 Å². The monoisotopic (exact) mass is 441 g/mol. The minimum Gasteiger partial charge on any atom is -0.381 e. The van der Waals surface area contributed by atoms with E-state index < -0.39 is 5.92 Å². The van der Waals surface area contributed by atoms with Gasteiger partial charge in [-0.15, -0.1) is 5.10 Å². The molecule has 1 aliphatic rings. The standard InChI is InChI=1S/C24H29F2N5O/c1-15(17-6-5-7-18(12-17)24(3,25)26)28-23-21-13-19(14-27-22(21)16(2)29-30-23)31-10-8-20(32-4)9-11-31/h5-7,12-15,20H,8-11H2,1-4H3,(H,28,30)/t15-/m1/s1. The van der Waals surface area contributed by atoms with Crippen molar-refractivity contribution in [2.75, 3.05) is 30.4 Å². The molecule has 1 saturated heterocycles. The number of nitrogens with one attached hydrogen (secondary N) is 1. The number of hydrogen-bond acceptors (Lipinski definition) is 6. The Kier molecular flexibility index (Phi) is 6.24. The topological polar surface area (TPSA) is 63.2 Å². The summed E-state index contributed by atoms with van der Waals surface area (Å²) in [5.41, 5.74) is 3.30. The molecule has 0 aliphatic carbocycles. The van der Waals surface area contributed by atoms with E-state index in [1.165, 1.54) is 12.1 Å². The number of piperidine rings is 1. The van der Waals surface area contributed by atoms with Crippen LogP contribution in [0, 0.1) is 6.92 Å². The highest BCUT2D eigenvalue weighted by molar-refractivity contribution is 5.92. The molecule has 0 bridgehead atoms. The molecular weight excluding hydrogens is 412 g/mol. The zero-order chi connectivity index (χ0) is 22.9. The van der Waals surface area contributed by atoms with E-state index in [2.05, 4.69) is 31.5 Å². The molecule has 1 N–H and O–H groups in total. The van der Waals surface area contributed by atoms with E-state index in [-0.39, 0.29) is 11.6 Å². The predicted molar refractivity (Wildman–Crippen MR) is 122 cm³/mol. The molecule has 0 spiro atoms. The number of nitrogens with zero attached hydrogens (tertiary/aromatic N) is 4. The summed E-state index contributed by atoms with van der Waals surface area (Å²) in [6, 6.07) is 8.32. The van der Waals surface area contributed by atoms with E-state index in [9.17, 15) is 8.78 Å². The highest BCUT2D eigenvalue weighted by atomic mass is 19.3. The third kappa shape index (κ3) is 4.65. The molecule has 6 nitrogen and oxygen atoms in total. The van der Waals surface area contributed by atoms with E-state index in [0.29, 0.717) is 11.9 Å². The summed E-state index contributed by atoms with van der Waals surface area (Å²) < 4.78 is 33.0. The predicted octanol–water partition coefficient (Wildman–Crippen LogP) is 5.23. The number of rotatable bonds is 6. The van der Waals surface area contributed by atoms with Gasteiger partial charge in [0.05, 0.1) is 35.2 Å². The third-order valence-corrected chi connectivity index (χ3v) is 6.16. The molecule has 2 aromatic heterocycles. The smallest absolute Gasteiger partial charge is 0.270 e. The van der Waals surface area contributed by atoms with Crippen LogP contribution in [0.25, 0.3) is 10.9 Å². The first kappa shape index (κ1) is 22.3. The van der Waals surface area contributed by atoms with Gasteiger partial charge in [-0.25, -0.2) is 8.78 Å². The van der Waals surface area contributed by atoms with Crippen molar-refractivity contribution in [1.29, 1.82) is 0 Å². The first-order valence-corrected chi connectivity index (χ1v) is 10.9. The fraction of sp³-hybridized carbons (Fsp3) is 0.458. The lowest BCUT2D eigenvalue weighted by Gasteiger charge is -2.32. The summed E-state index contributed by atoms with van der Waals surface area (Å²) in [5, 5.41) is 12.8. The second-order valence-electron chi connectivity index (χ2n) is 8.53. The molecule has 0 radical (unpaired) electrons. The van der Waals surface area contributed by atoms with E-state index in [1.54, 1.807) is 13.2 Å². The first-order chi connectivity index (χ1) is 15.3. The second-order valence-corrected chi connectivity index (χ2v) is 8.53. The molecule has 1 aliphatic heterocycles. The molecule has 0 amide bonds. The number of fused-ring (bicyclic) bond motifs is 1. The third-order valence-electron chi connectivity index (χ3n) is 6.16. The number of alkyl halides is 2. The Labute approximate surface area is 187 Å². The summed E-state index contributed by atoms with van der Waals surface area (Å²) in [6.07, 6.45) is 4.13. The van der Waals surface area contributed by atoms with E-state index >= 15 is 0 Å². The fourth-order valence-corrected chi connectivity index (χ4v) is 4.15. The number of hydrogen-bond donors (Lipinski definition) is 1. The first-order valence-electron chi connectivity index (χ1n) is 10.9. The van der Waals surface area contributed by atoms with Gasteiger partial charge in [0.25, 0.3) is 5.92 Å². The number of halogens is 2. The maximum atomic E-state index is 13.8. The lowest BCUT2D eigenvalue weighted by atomic mass is 10.0. The molecule has 3 heterocycles. The van der Waals surface area contributed by atoms with Crippen LogP contribution < -0.4 is 10.2 Å². The van der Waals surface area contributed by atoms with Gasteiger partial charge < -0.3 is 15.0 Å². The van der Waals surface area contributed by atoms with Crippen molar-refractivity contribution in [2.24, 2.45) is 0 Å². The minimum atomic E-state index is -2.89. The van der Waals surface area contributed by atoms with Crippen LogP contribution in [0.4, 0.5) is 20.3 Å². The summed E-state index contributed by atoms with van der Waals surface area (Å²) in [7, 11) is 1.76. The Hall–Kier alpha value is -2.87. The van der Waals surface area contributed by atoms with Gasteiger partial charge in [0.1, 0.15) is 0 Å². The summed E-state index contributed by atoms with van der Waals surface area (Å²) >= 11 is 0. The summed E-state index contributed by atoms with van der Waals surface area (Å²) in [5.74, 6) is -2.30. The lowest BCUT2D eigenvalue weighted by molar-refractivity contribution is 0.0174. The largest absolute Gasteiger partial charge is 0.381 e. The van der Waals surface area contributed by atoms with Crippen molar-refractivity contribution in [1.82, 2.24) is 15.2 Å². The van der Waals surface area contributed by atoms with Gasteiger partial charge >= 0.3 is 0 Å². The average Bonchev–Trinajstić information content (AvgIpc) is 2.80. The van der Waals surface area contributed by atoms with Gasteiger partial charge in [0.2, 0.25) is 0 Å². The number of pyridine rings is 1. The van der Waals surface area contributed by atoms with Crippen LogP contribution in [0.3, 0.4) is 0 Å². The number of aryl methyl sites for hydroxylation is 1. The molecule has 3 aromatic rings. The molecule has 1 aromatic carbocycles. The van der Waals surface area contributed by atoms with Gasteiger partial charge in [-0.1, -0.05) is 18.2 Å². The highest BCUT2D eigenvalue weighted by Crippen LogP contribution is 2.32. The molecule has 170 valence electrons. The number of ether oxygens (including phenoxy) is 1. The highest BCUT2D eigenvalue weighted by Gasteiger charge is 2.25. The Morgan fingerprint density at radius 1 is 1.19 bits per heavy atom. The molecular formula is C24H29F2N5O. The van der Waals surface area contributed by atoms with Gasteiger partial charge in [0.15, 0.2) is 5.82 Å². The van der Waals surface area contributed by atoms with Gasteiger partial charge in [-0.3, -0.25) is 4.98 Å². The Morgan fingerprint density at radius 2 is 1.94 bits per heavy atom. The van der Waals surface area contributed by atoms with Crippen LogP contribution in [0.5, 0.6) is 0 Å². The zero-order valence-electron chi connectivity index (χ0n) is 18.9. The van der Waals surface area contributed by atoms with Crippen molar-refractivity contribution in [3.8, 4) is 0 Å². The quantitative estimate of drug-likeness (QED) is 0.565. The number of aromatic nitrogens is 3.